The number of aromatic nitrogens is 4. The van der Waals surface area contributed by atoms with Crippen molar-refractivity contribution in [3.8, 4) is 11.4 Å². The normalized spacial score (nSPS) is 14.8. The van der Waals surface area contributed by atoms with Gasteiger partial charge in [0.15, 0.2) is 5.82 Å². The van der Waals surface area contributed by atoms with Gasteiger partial charge in [0.05, 0.1) is 17.4 Å². The molecule has 0 aliphatic carbocycles. The van der Waals surface area contributed by atoms with Crippen LogP contribution in [0.1, 0.15) is 11.5 Å². The van der Waals surface area contributed by atoms with Gasteiger partial charge in [-0.25, -0.2) is 15.0 Å². The third kappa shape index (κ3) is 4.18. The Hall–Kier alpha value is -3.58. The van der Waals surface area contributed by atoms with Crippen LogP contribution in [-0.4, -0.2) is 51.0 Å². The Morgan fingerprint density at radius 1 is 0.903 bits per heavy atom. The number of fused-ring (bicyclic) bond motifs is 1. The second kappa shape index (κ2) is 8.28. The number of hydrogen-bond donors (Lipinski definition) is 1. The summed E-state index contributed by atoms with van der Waals surface area (Å²) in [5.41, 5.74) is 2.65. The van der Waals surface area contributed by atoms with Crippen LogP contribution in [0.15, 0.2) is 65.5 Å². The minimum absolute atomic E-state index is 0.0795. The van der Waals surface area contributed by atoms with Crippen LogP contribution < -0.4 is 10.5 Å². The lowest BCUT2D eigenvalue weighted by Gasteiger charge is -2.35. The Morgan fingerprint density at radius 2 is 1.65 bits per heavy atom. The maximum Gasteiger partial charge on any atom is 0.258 e. The number of rotatable bonds is 4. The Labute approximate surface area is 180 Å². The van der Waals surface area contributed by atoms with E-state index in [9.17, 15) is 4.79 Å². The molecule has 5 rings (SSSR count). The first-order valence-corrected chi connectivity index (χ1v) is 10.5. The van der Waals surface area contributed by atoms with Gasteiger partial charge in [0.1, 0.15) is 11.6 Å². The Balaban J connectivity index is 1.29. The van der Waals surface area contributed by atoms with Gasteiger partial charge in [-0.2, -0.15) is 0 Å². The van der Waals surface area contributed by atoms with Gasteiger partial charge < -0.3 is 9.88 Å². The fourth-order valence-corrected chi connectivity index (χ4v) is 3.99. The predicted octanol–water partition coefficient (Wildman–Crippen LogP) is 3.01. The highest BCUT2D eigenvalue weighted by atomic mass is 16.1. The summed E-state index contributed by atoms with van der Waals surface area (Å²) in [6.07, 6.45) is 0. The molecular formula is C24H24N6O. The molecule has 0 radical (unpaired) electrons. The summed E-state index contributed by atoms with van der Waals surface area (Å²) in [5.74, 6) is 2.43. The van der Waals surface area contributed by atoms with Crippen molar-refractivity contribution in [3.05, 3.63) is 82.5 Å². The highest BCUT2D eigenvalue weighted by molar-refractivity contribution is 5.77. The van der Waals surface area contributed by atoms with Crippen LogP contribution in [0.5, 0.6) is 0 Å². The van der Waals surface area contributed by atoms with Gasteiger partial charge in [-0.15, -0.1) is 0 Å². The largest absolute Gasteiger partial charge is 0.354 e. The predicted molar refractivity (Wildman–Crippen MR) is 122 cm³/mol. The highest BCUT2D eigenvalue weighted by Gasteiger charge is 2.20. The molecular weight excluding hydrogens is 388 g/mol. The van der Waals surface area contributed by atoms with E-state index in [1.54, 1.807) is 6.07 Å². The second-order valence-corrected chi connectivity index (χ2v) is 7.85. The molecule has 0 saturated carbocycles. The van der Waals surface area contributed by atoms with E-state index in [2.05, 4.69) is 24.8 Å². The topological polar surface area (TPSA) is 78.0 Å². The van der Waals surface area contributed by atoms with Crippen molar-refractivity contribution >= 4 is 16.7 Å². The fourth-order valence-electron chi connectivity index (χ4n) is 3.99. The number of aromatic amines is 1. The van der Waals surface area contributed by atoms with Crippen LogP contribution >= 0.6 is 0 Å². The van der Waals surface area contributed by atoms with Crippen molar-refractivity contribution in [1.82, 2.24) is 24.8 Å². The van der Waals surface area contributed by atoms with E-state index < -0.39 is 0 Å². The monoisotopic (exact) mass is 412 g/mol. The zero-order valence-corrected chi connectivity index (χ0v) is 17.5. The Morgan fingerprint density at radius 3 is 2.45 bits per heavy atom. The number of aryl methyl sites for hydroxylation is 1. The third-order valence-corrected chi connectivity index (χ3v) is 5.60. The molecule has 2 aromatic carbocycles. The van der Waals surface area contributed by atoms with E-state index in [0.717, 1.165) is 54.6 Å². The Bertz CT molecular complexity index is 1260. The van der Waals surface area contributed by atoms with Gasteiger partial charge in [-0.1, -0.05) is 42.5 Å². The summed E-state index contributed by atoms with van der Waals surface area (Å²) in [5, 5.41) is 0.629. The van der Waals surface area contributed by atoms with Gasteiger partial charge in [0.2, 0.25) is 0 Å². The number of para-hydroxylation sites is 1. The molecule has 31 heavy (non-hydrogen) atoms. The lowest BCUT2D eigenvalue weighted by Crippen LogP contribution is -2.46. The molecule has 7 heteroatoms. The van der Waals surface area contributed by atoms with Crippen molar-refractivity contribution in [2.45, 2.75) is 13.5 Å². The molecule has 1 N–H and O–H groups in total. The van der Waals surface area contributed by atoms with E-state index in [1.807, 2.05) is 61.5 Å². The Kier molecular flexibility index (Phi) is 5.18. The summed E-state index contributed by atoms with van der Waals surface area (Å²) in [4.78, 5) is 33.9. The number of piperazine rings is 1. The lowest BCUT2D eigenvalue weighted by atomic mass is 10.2. The number of nitrogens with zero attached hydrogens (tertiary/aromatic N) is 5. The first kappa shape index (κ1) is 19.4. The molecule has 0 atom stereocenters. The molecule has 3 heterocycles. The van der Waals surface area contributed by atoms with Crippen molar-refractivity contribution < 1.29 is 0 Å². The minimum atomic E-state index is -0.0795. The van der Waals surface area contributed by atoms with Crippen LogP contribution in [0.2, 0.25) is 0 Å². The molecule has 1 fully saturated rings. The van der Waals surface area contributed by atoms with Gasteiger partial charge in [-0.05, 0) is 19.1 Å². The van der Waals surface area contributed by atoms with E-state index in [1.165, 1.54) is 0 Å². The summed E-state index contributed by atoms with van der Waals surface area (Å²) in [6, 6.07) is 19.6. The molecule has 0 bridgehead atoms. The second-order valence-electron chi connectivity index (χ2n) is 7.85. The molecule has 0 unspecified atom stereocenters. The van der Waals surface area contributed by atoms with E-state index in [-0.39, 0.29) is 5.56 Å². The summed E-state index contributed by atoms with van der Waals surface area (Å²) in [6.45, 7) is 6.12. The van der Waals surface area contributed by atoms with Crippen molar-refractivity contribution in [1.29, 1.82) is 0 Å². The zero-order chi connectivity index (χ0) is 21.2. The van der Waals surface area contributed by atoms with Crippen molar-refractivity contribution in [2.75, 3.05) is 31.1 Å². The van der Waals surface area contributed by atoms with Crippen molar-refractivity contribution in [2.24, 2.45) is 0 Å². The number of H-pyrrole nitrogens is 1. The summed E-state index contributed by atoms with van der Waals surface area (Å²) < 4.78 is 0. The molecule has 1 aliphatic rings. The third-order valence-electron chi connectivity index (χ3n) is 5.60. The van der Waals surface area contributed by atoms with E-state index in [4.69, 9.17) is 4.98 Å². The van der Waals surface area contributed by atoms with Gasteiger partial charge >= 0.3 is 0 Å². The van der Waals surface area contributed by atoms with Crippen LogP contribution in [0.25, 0.3) is 22.3 Å². The highest BCUT2D eigenvalue weighted by Crippen LogP contribution is 2.21. The molecule has 7 nitrogen and oxygen atoms in total. The molecule has 1 aliphatic heterocycles. The maximum absolute atomic E-state index is 12.3. The molecule has 0 amide bonds. The number of anilines is 1. The van der Waals surface area contributed by atoms with Crippen LogP contribution in [0.3, 0.4) is 0 Å². The first-order chi connectivity index (χ1) is 15.2. The van der Waals surface area contributed by atoms with Gasteiger partial charge in [0.25, 0.3) is 5.56 Å². The lowest BCUT2D eigenvalue weighted by molar-refractivity contribution is 0.243. The van der Waals surface area contributed by atoms with Gasteiger partial charge in [-0.3, -0.25) is 9.69 Å². The molecule has 0 spiro atoms. The fraction of sp³-hybridized carbons (Fsp3) is 0.250. The average molecular weight is 412 g/mol. The van der Waals surface area contributed by atoms with E-state index >= 15 is 0 Å². The van der Waals surface area contributed by atoms with E-state index in [0.29, 0.717) is 17.8 Å². The molecule has 4 aromatic rings. The minimum Gasteiger partial charge on any atom is -0.354 e. The quantitative estimate of drug-likeness (QED) is 0.555. The average Bonchev–Trinajstić information content (AvgIpc) is 2.80. The van der Waals surface area contributed by atoms with Crippen LogP contribution in [0.4, 0.5) is 5.82 Å². The summed E-state index contributed by atoms with van der Waals surface area (Å²) >= 11 is 0. The maximum atomic E-state index is 12.3. The SMILES string of the molecule is Cc1cc(N2CCN(Cc3nc4ccccc4c(=O)[nH]3)CC2)nc(-c2ccccc2)n1. The van der Waals surface area contributed by atoms with Crippen LogP contribution in [-0.2, 0) is 6.54 Å². The van der Waals surface area contributed by atoms with Gasteiger partial charge in [0, 0.05) is 43.5 Å². The smallest absolute Gasteiger partial charge is 0.258 e. The molecule has 2 aromatic heterocycles. The van der Waals surface area contributed by atoms with Crippen LogP contribution in [0, 0.1) is 6.92 Å². The number of nitrogens with one attached hydrogen (secondary N) is 1. The van der Waals surface area contributed by atoms with Crippen molar-refractivity contribution in [3.63, 3.8) is 0 Å². The number of benzene rings is 2. The molecule has 156 valence electrons. The standard InChI is InChI=1S/C24H24N6O/c1-17-15-22(28-23(25-17)18-7-3-2-4-8-18)30-13-11-29(12-14-30)16-21-26-20-10-6-5-9-19(20)24(31)27-21/h2-10,15H,11-14,16H2,1H3,(H,26,27,31). The zero-order valence-electron chi connectivity index (χ0n) is 17.5. The summed E-state index contributed by atoms with van der Waals surface area (Å²) in [7, 11) is 0. The first-order valence-electron chi connectivity index (χ1n) is 10.5. The molecule has 1 saturated heterocycles. The number of hydrogen-bond acceptors (Lipinski definition) is 6.